The summed E-state index contributed by atoms with van der Waals surface area (Å²) < 4.78 is 12.5. The number of amides is 4. The molecule has 4 rings (SSSR count). The Hall–Kier alpha value is -3.73. The van der Waals surface area contributed by atoms with Gasteiger partial charge in [-0.25, -0.2) is 0 Å². The Morgan fingerprint density at radius 3 is 2.67 bits per heavy atom. The number of hydrogen-bond acceptors (Lipinski definition) is 7. The Kier molecular flexibility index (Phi) is 11.8. The summed E-state index contributed by atoms with van der Waals surface area (Å²) >= 11 is 0. The summed E-state index contributed by atoms with van der Waals surface area (Å²) in [6.07, 6.45) is 6.19. The van der Waals surface area contributed by atoms with Crippen LogP contribution in [0.25, 0.3) is 0 Å². The number of fused-ring (bicyclic) bond motifs is 4. The lowest BCUT2D eigenvalue weighted by Crippen LogP contribution is -2.57. The summed E-state index contributed by atoms with van der Waals surface area (Å²) in [5.41, 5.74) is 0.148. The minimum atomic E-state index is -1.04. The zero-order valence-corrected chi connectivity index (χ0v) is 26.8. The van der Waals surface area contributed by atoms with Gasteiger partial charge in [-0.05, 0) is 56.7 Å². The number of nitrogens with one attached hydrogen (secondary N) is 3. The monoisotopic (exact) mass is 624 g/mol. The van der Waals surface area contributed by atoms with Gasteiger partial charge in [-0.1, -0.05) is 44.4 Å². The van der Waals surface area contributed by atoms with Gasteiger partial charge in [0.25, 0.3) is 5.91 Å². The van der Waals surface area contributed by atoms with E-state index in [9.17, 15) is 24.0 Å². The molecule has 4 bridgehead atoms. The van der Waals surface area contributed by atoms with Gasteiger partial charge < -0.3 is 30.3 Å². The highest BCUT2D eigenvalue weighted by Gasteiger charge is 2.46. The molecule has 0 aromatic heterocycles. The van der Waals surface area contributed by atoms with Crippen LogP contribution in [0.4, 0.5) is 0 Å². The number of ether oxygens (including phenoxy) is 2. The van der Waals surface area contributed by atoms with Gasteiger partial charge in [-0.15, -0.1) is 6.58 Å². The fraction of sp³-hybridized carbons (Fsp3) is 0.618. The minimum Gasteiger partial charge on any atom is -0.493 e. The molecule has 246 valence electrons. The first-order chi connectivity index (χ1) is 21.5. The summed E-state index contributed by atoms with van der Waals surface area (Å²) in [6.45, 7) is 9.97. The fourth-order valence-electron chi connectivity index (χ4n) is 6.54. The van der Waals surface area contributed by atoms with Crippen molar-refractivity contribution in [1.82, 2.24) is 20.9 Å². The van der Waals surface area contributed by atoms with Crippen molar-refractivity contribution in [3.8, 4) is 5.75 Å². The molecule has 3 aliphatic rings. The molecular formula is C34H48N4O7. The van der Waals surface area contributed by atoms with E-state index in [1.807, 2.05) is 45.0 Å². The van der Waals surface area contributed by atoms with Gasteiger partial charge in [0.15, 0.2) is 0 Å². The van der Waals surface area contributed by atoms with Crippen LogP contribution in [0.1, 0.15) is 77.7 Å². The molecule has 0 spiro atoms. The normalized spacial score (nSPS) is 24.7. The number of hydrogen-bond donors (Lipinski definition) is 3. The first-order valence-electron chi connectivity index (χ1n) is 16.2. The van der Waals surface area contributed by atoms with Crippen molar-refractivity contribution in [3.05, 3.63) is 42.5 Å². The SMILES string of the molecule is C=CCNC(=O)C(=O)C(CCC)NC(=O)C1C[C@@H]2CN1C(=O)[C@H](C1CCCC1)NC(=O)Cc1cccc(c1)OCCC(C)(C)O2. The molecule has 3 N–H and O–H groups in total. The predicted molar refractivity (Wildman–Crippen MR) is 168 cm³/mol. The molecule has 2 aliphatic heterocycles. The molecule has 2 heterocycles. The van der Waals surface area contributed by atoms with E-state index < -0.39 is 47.4 Å². The molecule has 11 nitrogen and oxygen atoms in total. The highest BCUT2D eigenvalue weighted by Crippen LogP contribution is 2.32. The second-order valence-electron chi connectivity index (χ2n) is 13.0. The smallest absolute Gasteiger partial charge is 0.289 e. The maximum atomic E-state index is 14.4. The molecule has 11 heteroatoms. The highest BCUT2D eigenvalue weighted by atomic mass is 16.5. The quantitative estimate of drug-likeness (QED) is 0.283. The standard InChI is InChI=1S/C34H48N4O7/c1-5-10-26(30(40)32(42)35-16-6-2)36-31(41)27-20-25-21-38(27)33(43)29(23-12-7-8-13-23)37-28(39)19-22-11-9-14-24(18-22)44-17-15-34(3,4)45-25/h6,9,11,14,18,23,25-27,29H,2,5,7-8,10,12-13,15-17,19-21H2,1,3-4H3,(H,35,42)(H,36,41)(H,37,39)/t25-,26?,27?,29+/m1/s1. The van der Waals surface area contributed by atoms with E-state index in [-0.39, 0.29) is 50.1 Å². The summed E-state index contributed by atoms with van der Waals surface area (Å²) in [6, 6.07) is 4.60. The van der Waals surface area contributed by atoms with Gasteiger partial charge >= 0.3 is 0 Å². The van der Waals surface area contributed by atoms with Crippen LogP contribution in [0.15, 0.2) is 36.9 Å². The number of ketones is 1. The molecule has 1 aliphatic carbocycles. The Morgan fingerprint density at radius 2 is 1.96 bits per heavy atom. The molecule has 2 unspecified atom stereocenters. The van der Waals surface area contributed by atoms with Gasteiger partial charge in [0, 0.05) is 25.9 Å². The molecule has 4 amide bonds. The number of Topliss-reactive ketones (excluding diaryl/α,β-unsaturated/α-hetero) is 1. The molecule has 2 fully saturated rings. The third-order valence-corrected chi connectivity index (χ3v) is 8.86. The molecule has 1 aromatic carbocycles. The Bertz CT molecular complexity index is 1260. The van der Waals surface area contributed by atoms with Gasteiger partial charge in [0.1, 0.15) is 17.8 Å². The van der Waals surface area contributed by atoms with Gasteiger partial charge in [0.05, 0.1) is 30.8 Å². The van der Waals surface area contributed by atoms with Crippen LogP contribution in [0.2, 0.25) is 0 Å². The Morgan fingerprint density at radius 1 is 1.20 bits per heavy atom. The van der Waals surface area contributed by atoms with E-state index >= 15 is 0 Å². The van der Waals surface area contributed by atoms with Gasteiger partial charge in [-0.2, -0.15) is 0 Å². The van der Waals surface area contributed by atoms with Crippen LogP contribution in [-0.2, 0) is 35.1 Å². The summed E-state index contributed by atoms with van der Waals surface area (Å²) in [7, 11) is 0. The lowest BCUT2D eigenvalue weighted by Gasteiger charge is -2.32. The third kappa shape index (κ3) is 9.15. The zero-order valence-electron chi connectivity index (χ0n) is 26.8. The zero-order chi connectivity index (χ0) is 32.6. The number of nitrogens with zero attached hydrogens (tertiary/aromatic N) is 1. The van der Waals surface area contributed by atoms with E-state index in [0.717, 1.165) is 31.2 Å². The molecule has 1 aromatic rings. The van der Waals surface area contributed by atoms with Crippen molar-refractivity contribution >= 4 is 29.4 Å². The lowest BCUT2D eigenvalue weighted by molar-refractivity contribution is -0.144. The molecule has 0 radical (unpaired) electrons. The molecule has 45 heavy (non-hydrogen) atoms. The van der Waals surface area contributed by atoms with Crippen molar-refractivity contribution in [2.45, 2.75) is 108 Å². The number of benzene rings is 1. The Labute approximate surface area is 265 Å². The first-order valence-corrected chi connectivity index (χ1v) is 16.2. The van der Waals surface area contributed by atoms with E-state index in [1.165, 1.54) is 11.0 Å². The van der Waals surface area contributed by atoms with Crippen molar-refractivity contribution in [2.24, 2.45) is 5.92 Å². The second-order valence-corrected chi connectivity index (χ2v) is 13.0. The van der Waals surface area contributed by atoms with E-state index in [1.54, 1.807) is 0 Å². The average molecular weight is 625 g/mol. The van der Waals surface area contributed by atoms with Crippen LogP contribution >= 0.6 is 0 Å². The lowest BCUT2D eigenvalue weighted by atomic mass is 9.95. The average Bonchev–Trinajstić information content (AvgIpc) is 3.68. The van der Waals surface area contributed by atoms with Crippen LogP contribution < -0.4 is 20.7 Å². The van der Waals surface area contributed by atoms with Crippen LogP contribution in [0, 0.1) is 5.92 Å². The van der Waals surface area contributed by atoms with Crippen molar-refractivity contribution in [1.29, 1.82) is 0 Å². The minimum absolute atomic E-state index is 0.0573. The number of carbonyl (C=O) groups is 5. The van der Waals surface area contributed by atoms with E-state index in [0.29, 0.717) is 25.2 Å². The van der Waals surface area contributed by atoms with Gasteiger partial charge in [-0.3, -0.25) is 24.0 Å². The van der Waals surface area contributed by atoms with Crippen LogP contribution in [0.5, 0.6) is 5.75 Å². The predicted octanol–water partition coefficient (Wildman–Crippen LogP) is 2.61. The Balaban J connectivity index is 1.63. The molecule has 1 saturated carbocycles. The van der Waals surface area contributed by atoms with Crippen molar-refractivity contribution < 1.29 is 33.4 Å². The maximum absolute atomic E-state index is 14.4. The second kappa shape index (κ2) is 15.5. The molecule has 4 atom stereocenters. The summed E-state index contributed by atoms with van der Waals surface area (Å²) in [4.78, 5) is 68.5. The van der Waals surface area contributed by atoms with Crippen molar-refractivity contribution in [2.75, 3.05) is 19.7 Å². The first kappa shape index (κ1) is 34.1. The van der Waals surface area contributed by atoms with Gasteiger partial charge in [0.2, 0.25) is 23.5 Å². The van der Waals surface area contributed by atoms with Crippen LogP contribution in [-0.4, -0.2) is 83.8 Å². The molecular weight excluding hydrogens is 576 g/mol. The number of carbonyl (C=O) groups excluding carboxylic acids is 5. The summed E-state index contributed by atoms with van der Waals surface area (Å²) in [5.74, 6) is -2.08. The largest absolute Gasteiger partial charge is 0.493 e. The van der Waals surface area contributed by atoms with E-state index in [2.05, 4.69) is 22.5 Å². The number of rotatable bonds is 9. The maximum Gasteiger partial charge on any atom is 0.289 e. The van der Waals surface area contributed by atoms with Crippen molar-refractivity contribution in [3.63, 3.8) is 0 Å². The highest BCUT2D eigenvalue weighted by molar-refractivity contribution is 6.38. The third-order valence-electron chi connectivity index (χ3n) is 8.86. The summed E-state index contributed by atoms with van der Waals surface area (Å²) in [5, 5.41) is 8.26. The van der Waals surface area contributed by atoms with Crippen LogP contribution in [0.3, 0.4) is 0 Å². The van der Waals surface area contributed by atoms with E-state index in [4.69, 9.17) is 9.47 Å². The fourth-order valence-corrected chi connectivity index (χ4v) is 6.54. The topological polar surface area (TPSA) is 143 Å². The molecule has 1 saturated heterocycles.